The van der Waals surface area contributed by atoms with Gasteiger partial charge in [-0.05, 0) is 43.9 Å². The molecule has 1 aromatic rings. The lowest BCUT2D eigenvalue weighted by atomic mass is 10.1. The fourth-order valence-electron chi connectivity index (χ4n) is 2.70. The molecule has 1 aromatic carbocycles. The third kappa shape index (κ3) is 6.32. The lowest BCUT2D eigenvalue weighted by Crippen LogP contribution is -2.35. The van der Waals surface area contributed by atoms with Gasteiger partial charge < -0.3 is 10.2 Å². The minimum atomic E-state index is -0.218. The van der Waals surface area contributed by atoms with Crippen LogP contribution in [0.25, 0.3) is 0 Å². The first-order chi connectivity index (χ1) is 12.8. The number of rotatable bonds is 8. The summed E-state index contributed by atoms with van der Waals surface area (Å²) in [6.45, 7) is 4.46. The van der Waals surface area contributed by atoms with Crippen LogP contribution in [-0.4, -0.2) is 57.7 Å². The first-order valence-electron chi connectivity index (χ1n) is 8.86. The molecule has 0 saturated carbocycles. The molecule has 1 saturated heterocycles. The van der Waals surface area contributed by atoms with Gasteiger partial charge in [0.15, 0.2) is 0 Å². The summed E-state index contributed by atoms with van der Waals surface area (Å²) in [5.74, 6) is 0.146. The van der Waals surface area contributed by atoms with Crippen LogP contribution in [0.15, 0.2) is 18.2 Å². The van der Waals surface area contributed by atoms with E-state index in [9.17, 15) is 14.4 Å². The molecular formula is C19H25N3O3S2. The zero-order valence-corrected chi connectivity index (χ0v) is 17.5. The van der Waals surface area contributed by atoms with Gasteiger partial charge in [0.2, 0.25) is 17.7 Å². The summed E-state index contributed by atoms with van der Waals surface area (Å²) in [5, 5.41) is 2.86. The van der Waals surface area contributed by atoms with Crippen molar-refractivity contribution < 1.29 is 14.4 Å². The predicted octanol–water partition coefficient (Wildman–Crippen LogP) is 2.73. The highest BCUT2D eigenvalue weighted by Gasteiger charge is 2.25. The van der Waals surface area contributed by atoms with Crippen LogP contribution < -0.4 is 5.32 Å². The fourth-order valence-corrected chi connectivity index (χ4v) is 3.82. The molecule has 1 aliphatic rings. The number of unbranched alkanes of at least 4 members (excludes halogenated alkanes) is 1. The summed E-state index contributed by atoms with van der Waals surface area (Å²) in [5.41, 5.74) is 2.81. The lowest BCUT2D eigenvalue weighted by molar-refractivity contribution is -0.133. The van der Waals surface area contributed by atoms with Gasteiger partial charge in [0, 0.05) is 25.7 Å². The Balaban J connectivity index is 1.71. The van der Waals surface area contributed by atoms with Crippen molar-refractivity contribution in [3.8, 4) is 0 Å². The van der Waals surface area contributed by atoms with E-state index in [0.29, 0.717) is 35.9 Å². The van der Waals surface area contributed by atoms with Gasteiger partial charge in [-0.3, -0.25) is 19.3 Å². The van der Waals surface area contributed by atoms with Crippen LogP contribution in [0.3, 0.4) is 0 Å². The summed E-state index contributed by atoms with van der Waals surface area (Å²) in [6, 6.07) is 5.86. The highest BCUT2D eigenvalue weighted by atomic mass is 32.2. The van der Waals surface area contributed by atoms with Gasteiger partial charge in [-0.2, -0.15) is 0 Å². The van der Waals surface area contributed by atoms with Gasteiger partial charge in [-0.1, -0.05) is 36.1 Å². The van der Waals surface area contributed by atoms with Crippen molar-refractivity contribution >= 4 is 51.7 Å². The summed E-state index contributed by atoms with van der Waals surface area (Å²) in [4.78, 5) is 39.1. The number of carbonyl (C=O) groups excluding carboxylic acids is 3. The minimum absolute atomic E-state index is 0.0115. The van der Waals surface area contributed by atoms with E-state index in [4.69, 9.17) is 12.2 Å². The molecule has 1 aliphatic heterocycles. The SMILES string of the molecule is Cc1ccc(C)c(NC(=O)CN(C)C(=O)CCCCN2C(=O)CSC2=S)c1. The Morgan fingerprint density at radius 3 is 2.70 bits per heavy atom. The number of likely N-dealkylation sites (N-methyl/N-ethyl adjacent to an activating group) is 1. The van der Waals surface area contributed by atoms with E-state index in [2.05, 4.69) is 5.32 Å². The number of hydrogen-bond acceptors (Lipinski definition) is 5. The van der Waals surface area contributed by atoms with Crippen LogP contribution in [0.5, 0.6) is 0 Å². The number of carbonyl (C=O) groups is 3. The van der Waals surface area contributed by atoms with Crippen LogP contribution in [0.1, 0.15) is 30.4 Å². The Morgan fingerprint density at radius 1 is 1.30 bits per heavy atom. The summed E-state index contributed by atoms with van der Waals surface area (Å²) >= 11 is 6.51. The smallest absolute Gasteiger partial charge is 0.243 e. The molecule has 0 spiro atoms. The molecule has 6 nitrogen and oxygen atoms in total. The second kappa shape index (κ2) is 9.85. The van der Waals surface area contributed by atoms with Crippen LogP contribution in [-0.2, 0) is 14.4 Å². The molecule has 8 heteroatoms. The monoisotopic (exact) mass is 407 g/mol. The van der Waals surface area contributed by atoms with Crippen molar-refractivity contribution in [1.29, 1.82) is 0 Å². The molecule has 0 radical (unpaired) electrons. The highest BCUT2D eigenvalue weighted by Crippen LogP contribution is 2.20. The second-order valence-electron chi connectivity index (χ2n) is 6.67. The van der Waals surface area contributed by atoms with Gasteiger partial charge in [-0.25, -0.2) is 0 Å². The molecule has 0 aliphatic carbocycles. The molecule has 0 atom stereocenters. The first-order valence-corrected chi connectivity index (χ1v) is 10.3. The number of nitrogens with zero attached hydrogens (tertiary/aromatic N) is 2. The first kappa shape index (κ1) is 21.4. The van der Waals surface area contributed by atoms with Gasteiger partial charge in [0.05, 0.1) is 12.3 Å². The van der Waals surface area contributed by atoms with Crippen molar-refractivity contribution in [3.05, 3.63) is 29.3 Å². The zero-order chi connectivity index (χ0) is 20.0. The second-order valence-corrected chi connectivity index (χ2v) is 8.28. The zero-order valence-electron chi connectivity index (χ0n) is 15.9. The van der Waals surface area contributed by atoms with Gasteiger partial charge in [-0.15, -0.1) is 0 Å². The maximum Gasteiger partial charge on any atom is 0.243 e. The molecule has 27 heavy (non-hydrogen) atoms. The maximum absolute atomic E-state index is 12.2. The largest absolute Gasteiger partial charge is 0.336 e. The van der Waals surface area contributed by atoms with Crippen molar-refractivity contribution in [2.24, 2.45) is 0 Å². The normalized spacial score (nSPS) is 13.8. The third-order valence-corrected chi connectivity index (χ3v) is 5.77. The van der Waals surface area contributed by atoms with E-state index in [1.165, 1.54) is 16.7 Å². The average molecular weight is 408 g/mol. The number of nitrogens with one attached hydrogen (secondary N) is 1. The summed E-state index contributed by atoms with van der Waals surface area (Å²) < 4.78 is 0.617. The molecular weight excluding hydrogens is 382 g/mol. The Morgan fingerprint density at radius 2 is 2.04 bits per heavy atom. The third-order valence-electron chi connectivity index (χ3n) is 4.34. The molecule has 1 N–H and O–H groups in total. The number of thioether (sulfide) groups is 1. The van der Waals surface area contributed by atoms with E-state index in [1.807, 2.05) is 32.0 Å². The summed E-state index contributed by atoms with van der Waals surface area (Å²) in [7, 11) is 1.63. The summed E-state index contributed by atoms with van der Waals surface area (Å²) in [6.07, 6.45) is 1.70. The number of anilines is 1. The Kier molecular flexibility index (Phi) is 7.79. The molecule has 1 fully saturated rings. The van der Waals surface area contributed by atoms with Gasteiger partial charge in [0.1, 0.15) is 4.32 Å². The van der Waals surface area contributed by atoms with Gasteiger partial charge in [0.25, 0.3) is 0 Å². The number of thiocarbonyl (C=S) groups is 1. The van der Waals surface area contributed by atoms with E-state index in [1.54, 1.807) is 11.9 Å². The van der Waals surface area contributed by atoms with Crippen molar-refractivity contribution in [2.75, 3.05) is 31.2 Å². The number of aryl methyl sites for hydroxylation is 2. The predicted molar refractivity (Wildman–Crippen MR) is 113 cm³/mol. The molecule has 0 bridgehead atoms. The molecule has 146 valence electrons. The Bertz CT molecular complexity index is 736. The van der Waals surface area contributed by atoms with Crippen LogP contribution in [0.2, 0.25) is 0 Å². The molecule has 2 rings (SSSR count). The van der Waals surface area contributed by atoms with E-state index < -0.39 is 0 Å². The lowest BCUT2D eigenvalue weighted by Gasteiger charge is -2.18. The Labute approximate surface area is 169 Å². The van der Waals surface area contributed by atoms with Crippen molar-refractivity contribution in [3.63, 3.8) is 0 Å². The molecule has 3 amide bonds. The molecule has 0 unspecified atom stereocenters. The topological polar surface area (TPSA) is 69.7 Å². The number of benzene rings is 1. The minimum Gasteiger partial charge on any atom is -0.336 e. The van der Waals surface area contributed by atoms with Crippen LogP contribution in [0, 0.1) is 13.8 Å². The van der Waals surface area contributed by atoms with E-state index in [0.717, 1.165) is 16.8 Å². The number of hydrogen-bond donors (Lipinski definition) is 1. The quantitative estimate of drug-likeness (QED) is 0.530. The van der Waals surface area contributed by atoms with Crippen LogP contribution in [0.4, 0.5) is 5.69 Å². The van der Waals surface area contributed by atoms with Crippen molar-refractivity contribution in [2.45, 2.75) is 33.1 Å². The Hall–Kier alpha value is -1.93. The van der Waals surface area contributed by atoms with E-state index in [-0.39, 0.29) is 24.3 Å². The standard InChI is InChI=1S/C19H25N3O3S2/c1-13-7-8-14(2)15(10-13)20-16(23)11-21(3)17(24)6-4-5-9-22-18(25)12-27-19(22)26/h7-8,10H,4-6,9,11-12H2,1-3H3,(H,20,23). The van der Waals surface area contributed by atoms with Gasteiger partial charge >= 0.3 is 0 Å². The molecule has 1 heterocycles. The highest BCUT2D eigenvalue weighted by molar-refractivity contribution is 8.23. The van der Waals surface area contributed by atoms with E-state index >= 15 is 0 Å². The maximum atomic E-state index is 12.2. The number of amides is 3. The van der Waals surface area contributed by atoms with Crippen molar-refractivity contribution in [1.82, 2.24) is 9.80 Å². The average Bonchev–Trinajstić information content (AvgIpc) is 2.93. The fraction of sp³-hybridized carbons (Fsp3) is 0.474. The van der Waals surface area contributed by atoms with Crippen LogP contribution >= 0.6 is 24.0 Å². The molecule has 0 aromatic heterocycles.